The third-order valence-corrected chi connectivity index (χ3v) is 9.64. The number of hydrogen-bond donors (Lipinski definition) is 0. The summed E-state index contributed by atoms with van der Waals surface area (Å²) in [5.74, 6) is 0. The van der Waals surface area contributed by atoms with Crippen LogP contribution in [0.1, 0.15) is 108 Å². The van der Waals surface area contributed by atoms with Gasteiger partial charge in [0.2, 0.25) is 0 Å². The highest BCUT2D eigenvalue weighted by Gasteiger charge is 2.40. The van der Waals surface area contributed by atoms with Crippen LogP contribution in [-0.4, -0.2) is 23.5 Å². The Morgan fingerprint density at radius 2 is 1.30 bits per heavy atom. The molecule has 2 saturated carbocycles. The number of halogens is 2. The van der Waals surface area contributed by atoms with Crippen LogP contribution in [-0.2, 0) is 22.6 Å². The van der Waals surface area contributed by atoms with Crippen LogP contribution in [0.25, 0.3) is 0 Å². The van der Waals surface area contributed by atoms with Crippen molar-refractivity contribution < 1.29 is 0 Å². The van der Waals surface area contributed by atoms with Crippen molar-refractivity contribution in [1.29, 1.82) is 5.26 Å². The lowest BCUT2D eigenvalue weighted by molar-refractivity contribution is 0.158. The van der Waals surface area contributed by atoms with Crippen LogP contribution >= 0.6 is 23.2 Å². The van der Waals surface area contributed by atoms with Crippen molar-refractivity contribution in [2.45, 2.75) is 120 Å². The Balaban J connectivity index is 0.00000121. The number of nitrogens with zero attached hydrogens (tertiary/aromatic N) is 2. The minimum atomic E-state index is -0.203. The lowest BCUT2D eigenvalue weighted by Crippen LogP contribution is -2.40. The van der Waals surface area contributed by atoms with Crippen LogP contribution < -0.4 is 0 Å². The first-order chi connectivity index (χ1) is 17.7. The summed E-state index contributed by atoms with van der Waals surface area (Å²) < 4.78 is 0. The lowest BCUT2D eigenvalue weighted by atomic mass is 9.82. The fourth-order valence-corrected chi connectivity index (χ4v) is 7.40. The second kappa shape index (κ2) is 14.0. The van der Waals surface area contributed by atoms with Crippen LogP contribution in [0.3, 0.4) is 0 Å². The van der Waals surface area contributed by atoms with Crippen LogP contribution in [0.2, 0.25) is 0 Å². The molecule has 0 N–H and O–H groups in total. The van der Waals surface area contributed by atoms with Gasteiger partial charge in [-0.1, -0.05) is 74.2 Å². The highest BCUT2D eigenvalue weighted by Crippen LogP contribution is 2.51. The molecule has 2 fully saturated rings. The molecular weight excluding hydrogens is 495 g/mol. The summed E-state index contributed by atoms with van der Waals surface area (Å²) in [6.45, 7) is 9.60. The maximum atomic E-state index is 7.32. The monoisotopic (exact) mass is 540 g/mol. The summed E-state index contributed by atoms with van der Waals surface area (Å²) in [7, 11) is 0. The first-order valence-electron chi connectivity index (χ1n) is 14.4. The maximum Gasteiger partial charge on any atom is 0.0697 e. The van der Waals surface area contributed by atoms with Crippen molar-refractivity contribution in [2.75, 3.05) is 6.54 Å². The Morgan fingerprint density at radius 1 is 0.811 bits per heavy atom. The summed E-state index contributed by atoms with van der Waals surface area (Å²) in [5.41, 5.74) is 5.64. The molecule has 0 spiro atoms. The van der Waals surface area contributed by atoms with E-state index in [0.29, 0.717) is 12.1 Å². The van der Waals surface area contributed by atoms with Crippen molar-refractivity contribution in [3.05, 3.63) is 70.8 Å². The Morgan fingerprint density at radius 3 is 1.76 bits per heavy atom. The zero-order valence-corrected chi connectivity index (χ0v) is 24.9. The fraction of sp³-hybridized carbons (Fsp3) is 0.606. The van der Waals surface area contributed by atoms with E-state index in [1.165, 1.54) is 54.9 Å². The molecule has 0 aromatic heterocycles. The number of rotatable bonds is 10. The molecule has 4 heteroatoms. The minimum absolute atomic E-state index is 0.203. The second-order valence-corrected chi connectivity index (χ2v) is 12.8. The molecule has 0 amide bonds. The number of hydrogen-bond acceptors (Lipinski definition) is 2. The first-order valence-corrected chi connectivity index (χ1v) is 15.1. The van der Waals surface area contributed by atoms with Crippen molar-refractivity contribution >= 4 is 23.2 Å². The quantitative estimate of drug-likeness (QED) is 0.280. The van der Waals surface area contributed by atoms with Crippen molar-refractivity contribution in [2.24, 2.45) is 0 Å². The Labute approximate surface area is 236 Å². The Hall–Kier alpha value is -1.53. The maximum absolute atomic E-state index is 7.32. The normalized spacial score (nSPS) is 18.9. The minimum Gasteiger partial charge on any atom is -0.298 e. The second-order valence-electron chi connectivity index (χ2n) is 11.4. The van der Waals surface area contributed by atoms with Gasteiger partial charge in [-0.25, -0.2) is 0 Å². The number of nitriles is 1. The Kier molecular flexibility index (Phi) is 11.4. The standard InChI is InChI=1S/C31H43Cl2N.C2H3N/c1-24(2)34(23-18-26-12-5-4-6-13-26)25(3)16-17-27-28(30(32)19-7-8-20-30)14-11-15-29(27)31(33)21-9-10-22-31;1-2-3/h4-6,11-15,24-25H,7-10,16-23H2,1-3H3;1H3. The van der Waals surface area contributed by atoms with Crippen molar-refractivity contribution in [1.82, 2.24) is 4.90 Å². The van der Waals surface area contributed by atoms with Crippen LogP contribution in [0.15, 0.2) is 48.5 Å². The van der Waals surface area contributed by atoms with Gasteiger partial charge in [-0.15, -0.1) is 23.2 Å². The molecule has 0 saturated heterocycles. The van der Waals surface area contributed by atoms with E-state index in [1.807, 2.05) is 0 Å². The number of alkyl halides is 2. The molecule has 2 aromatic carbocycles. The van der Waals surface area contributed by atoms with Gasteiger partial charge in [0.05, 0.1) is 15.8 Å². The summed E-state index contributed by atoms with van der Waals surface area (Å²) in [4.78, 5) is 2.27. The average molecular weight is 542 g/mol. The molecule has 4 rings (SSSR count). The topological polar surface area (TPSA) is 27.0 Å². The summed E-state index contributed by atoms with van der Waals surface area (Å²) >= 11 is 14.6. The van der Waals surface area contributed by atoms with Crippen LogP contribution in [0.4, 0.5) is 0 Å². The van der Waals surface area contributed by atoms with Crippen molar-refractivity contribution in [3.63, 3.8) is 0 Å². The van der Waals surface area contributed by atoms with E-state index >= 15 is 0 Å². The first kappa shape index (κ1) is 30.0. The summed E-state index contributed by atoms with van der Waals surface area (Å²) in [6.07, 6.45) is 12.6. The molecule has 2 aromatic rings. The van der Waals surface area contributed by atoms with E-state index in [9.17, 15) is 0 Å². The third-order valence-electron chi connectivity index (χ3n) is 8.48. The van der Waals surface area contributed by atoms with Crippen molar-refractivity contribution in [3.8, 4) is 6.07 Å². The third kappa shape index (κ3) is 7.75. The molecule has 0 bridgehead atoms. The smallest absolute Gasteiger partial charge is 0.0697 e. The predicted molar refractivity (Wildman–Crippen MR) is 159 cm³/mol. The SMILES string of the molecule is CC#N.CC(C)N(CCc1ccccc1)C(C)CCc1c(C2(Cl)CCCC2)cccc1C1(Cl)CCCC1. The average Bonchev–Trinajstić information content (AvgIpc) is 3.53. The lowest BCUT2D eigenvalue weighted by Gasteiger charge is -2.35. The van der Waals surface area contributed by atoms with Gasteiger partial charge >= 0.3 is 0 Å². The highest BCUT2D eigenvalue weighted by molar-refractivity contribution is 6.25. The summed E-state index contributed by atoms with van der Waals surface area (Å²) in [6, 6.07) is 20.5. The van der Waals surface area contributed by atoms with Gasteiger partial charge < -0.3 is 0 Å². The largest absolute Gasteiger partial charge is 0.298 e. The van der Waals surface area contributed by atoms with Gasteiger partial charge in [0.1, 0.15) is 0 Å². The molecule has 2 nitrogen and oxygen atoms in total. The van der Waals surface area contributed by atoms with Crippen LogP contribution in [0.5, 0.6) is 0 Å². The van der Waals surface area contributed by atoms with Crippen LogP contribution in [0, 0.1) is 11.3 Å². The van der Waals surface area contributed by atoms with E-state index in [0.717, 1.165) is 51.5 Å². The molecule has 1 atom stereocenters. The molecule has 2 aliphatic carbocycles. The number of benzene rings is 2. The van der Waals surface area contributed by atoms with Gasteiger partial charge in [-0.05, 0) is 88.0 Å². The fourth-order valence-electron chi connectivity index (χ4n) is 6.51. The molecule has 0 aliphatic heterocycles. The molecular formula is C33H46Cl2N2. The Bertz CT molecular complexity index is 958. The zero-order valence-electron chi connectivity index (χ0n) is 23.4. The van der Waals surface area contributed by atoms with Gasteiger partial charge in [0.25, 0.3) is 0 Å². The zero-order chi connectivity index (χ0) is 26.9. The van der Waals surface area contributed by atoms with Gasteiger partial charge in [-0.3, -0.25) is 4.90 Å². The molecule has 0 radical (unpaired) electrons. The van der Waals surface area contributed by atoms with Gasteiger partial charge in [0.15, 0.2) is 0 Å². The molecule has 2 aliphatic rings. The van der Waals surface area contributed by atoms with Gasteiger partial charge in [-0.2, -0.15) is 5.26 Å². The van der Waals surface area contributed by atoms with E-state index in [2.05, 4.69) is 74.2 Å². The van der Waals surface area contributed by atoms with E-state index in [-0.39, 0.29) is 9.75 Å². The van der Waals surface area contributed by atoms with E-state index in [1.54, 1.807) is 6.07 Å². The highest BCUT2D eigenvalue weighted by atomic mass is 35.5. The molecule has 1 unspecified atom stereocenters. The van der Waals surface area contributed by atoms with E-state index in [4.69, 9.17) is 28.5 Å². The van der Waals surface area contributed by atoms with E-state index < -0.39 is 0 Å². The molecule has 0 heterocycles. The molecule has 37 heavy (non-hydrogen) atoms. The van der Waals surface area contributed by atoms with Gasteiger partial charge in [0, 0.05) is 25.6 Å². The predicted octanol–water partition coefficient (Wildman–Crippen LogP) is 9.51. The summed E-state index contributed by atoms with van der Waals surface area (Å²) in [5, 5.41) is 7.32. The molecule has 202 valence electrons.